The van der Waals surface area contributed by atoms with Gasteiger partial charge in [0.2, 0.25) is 0 Å². The molecular formula is C14H22N2O2. The quantitative estimate of drug-likeness (QED) is 0.765. The van der Waals surface area contributed by atoms with E-state index in [0.717, 1.165) is 19.5 Å². The smallest absolute Gasteiger partial charge is 0.0928 e. The molecule has 1 aliphatic heterocycles. The van der Waals surface area contributed by atoms with E-state index in [4.69, 9.17) is 9.47 Å². The number of ether oxygens (including phenoxy) is 2. The van der Waals surface area contributed by atoms with Gasteiger partial charge < -0.3 is 20.1 Å². The summed E-state index contributed by atoms with van der Waals surface area (Å²) in [5.74, 6) is 0. The zero-order valence-corrected chi connectivity index (χ0v) is 11.1. The molecule has 100 valence electrons. The maximum absolute atomic E-state index is 5.31. The summed E-state index contributed by atoms with van der Waals surface area (Å²) >= 11 is 0. The zero-order chi connectivity index (χ0) is 12.8. The molecule has 0 bridgehead atoms. The van der Waals surface area contributed by atoms with Gasteiger partial charge in [-0.05, 0) is 18.1 Å². The van der Waals surface area contributed by atoms with E-state index in [1.54, 1.807) is 14.2 Å². The van der Waals surface area contributed by atoms with Crippen molar-refractivity contribution in [2.24, 2.45) is 0 Å². The van der Waals surface area contributed by atoms with Crippen LogP contribution < -0.4 is 10.6 Å². The van der Waals surface area contributed by atoms with Crippen LogP contribution in [0.1, 0.15) is 5.56 Å². The lowest BCUT2D eigenvalue weighted by Crippen LogP contribution is -2.38. The lowest BCUT2D eigenvalue weighted by molar-refractivity contribution is 0.0289. The number of hydrogen-bond donors (Lipinski definition) is 2. The second-order valence-electron chi connectivity index (χ2n) is 4.67. The van der Waals surface area contributed by atoms with E-state index in [1.165, 1.54) is 11.3 Å². The largest absolute Gasteiger partial charge is 0.382 e. The first kappa shape index (κ1) is 13.3. The third-order valence-electron chi connectivity index (χ3n) is 3.29. The molecule has 0 spiro atoms. The maximum atomic E-state index is 5.31. The first-order valence-electron chi connectivity index (χ1n) is 6.40. The van der Waals surface area contributed by atoms with Gasteiger partial charge in [0.05, 0.1) is 12.7 Å². The molecule has 0 radical (unpaired) electrons. The van der Waals surface area contributed by atoms with Gasteiger partial charge in [-0.2, -0.15) is 0 Å². The average molecular weight is 250 g/mol. The molecule has 4 nitrogen and oxygen atoms in total. The number of rotatable bonds is 7. The van der Waals surface area contributed by atoms with E-state index < -0.39 is 0 Å². The van der Waals surface area contributed by atoms with Gasteiger partial charge in [0, 0.05) is 39.0 Å². The van der Waals surface area contributed by atoms with E-state index >= 15 is 0 Å². The van der Waals surface area contributed by atoms with Gasteiger partial charge in [0.1, 0.15) is 0 Å². The molecule has 2 atom stereocenters. The molecule has 0 amide bonds. The Kier molecular flexibility index (Phi) is 4.99. The van der Waals surface area contributed by atoms with E-state index in [2.05, 4.69) is 34.9 Å². The first-order valence-corrected chi connectivity index (χ1v) is 6.40. The minimum absolute atomic E-state index is 0.124. The van der Waals surface area contributed by atoms with Crippen LogP contribution in [-0.4, -0.2) is 46.1 Å². The third kappa shape index (κ3) is 3.45. The van der Waals surface area contributed by atoms with Crippen LogP contribution in [0.25, 0.3) is 0 Å². The monoisotopic (exact) mass is 250 g/mol. The topological polar surface area (TPSA) is 42.5 Å². The van der Waals surface area contributed by atoms with Crippen LogP contribution in [0, 0.1) is 0 Å². The van der Waals surface area contributed by atoms with E-state index in [0.29, 0.717) is 12.6 Å². The molecule has 4 heteroatoms. The predicted molar refractivity (Wildman–Crippen MR) is 73.1 cm³/mol. The van der Waals surface area contributed by atoms with Crippen molar-refractivity contribution in [1.82, 2.24) is 5.32 Å². The second-order valence-corrected chi connectivity index (χ2v) is 4.67. The molecule has 2 N–H and O–H groups in total. The molecule has 1 heterocycles. The van der Waals surface area contributed by atoms with E-state index in [-0.39, 0.29) is 6.10 Å². The van der Waals surface area contributed by atoms with Crippen molar-refractivity contribution < 1.29 is 9.47 Å². The van der Waals surface area contributed by atoms with Crippen molar-refractivity contribution >= 4 is 5.69 Å². The Balaban J connectivity index is 1.70. The van der Waals surface area contributed by atoms with Crippen LogP contribution in [0.15, 0.2) is 24.3 Å². The number of para-hydroxylation sites is 1. The lowest BCUT2D eigenvalue weighted by atomic mass is 10.1. The van der Waals surface area contributed by atoms with Crippen molar-refractivity contribution in [2.45, 2.75) is 18.6 Å². The summed E-state index contributed by atoms with van der Waals surface area (Å²) in [7, 11) is 3.41. The Morgan fingerprint density at radius 2 is 2.22 bits per heavy atom. The van der Waals surface area contributed by atoms with Gasteiger partial charge in [-0.3, -0.25) is 0 Å². The average Bonchev–Trinajstić information content (AvgIpc) is 2.80. The molecule has 18 heavy (non-hydrogen) atoms. The van der Waals surface area contributed by atoms with Crippen LogP contribution in [0.4, 0.5) is 5.69 Å². The minimum atomic E-state index is 0.124. The summed E-state index contributed by atoms with van der Waals surface area (Å²) in [6.07, 6.45) is 1.21. The van der Waals surface area contributed by atoms with Crippen molar-refractivity contribution in [3.05, 3.63) is 29.8 Å². The highest BCUT2D eigenvalue weighted by molar-refractivity contribution is 5.56. The summed E-state index contributed by atoms with van der Waals surface area (Å²) in [5, 5.41) is 6.95. The molecule has 2 rings (SSSR count). The Hall–Kier alpha value is -1.10. The second kappa shape index (κ2) is 6.73. The standard InChI is InChI=1S/C14H22N2O2/c1-17-10-13(18-2)9-15-8-12-7-11-5-3-4-6-14(11)16-12/h3-6,12-13,15-16H,7-10H2,1-2H3. The Morgan fingerprint density at radius 1 is 1.39 bits per heavy atom. The fraction of sp³-hybridized carbons (Fsp3) is 0.571. The number of fused-ring (bicyclic) bond motifs is 1. The van der Waals surface area contributed by atoms with Gasteiger partial charge in [-0.25, -0.2) is 0 Å². The molecule has 0 aromatic heterocycles. The van der Waals surface area contributed by atoms with Crippen molar-refractivity contribution in [3.63, 3.8) is 0 Å². The Morgan fingerprint density at radius 3 is 2.94 bits per heavy atom. The van der Waals surface area contributed by atoms with Crippen LogP contribution in [0.3, 0.4) is 0 Å². The highest BCUT2D eigenvalue weighted by atomic mass is 16.5. The number of anilines is 1. The summed E-state index contributed by atoms with van der Waals surface area (Å²) < 4.78 is 10.4. The maximum Gasteiger partial charge on any atom is 0.0928 e. The lowest BCUT2D eigenvalue weighted by Gasteiger charge is -2.17. The predicted octanol–water partition coefficient (Wildman–Crippen LogP) is 1.27. The minimum Gasteiger partial charge on any atom is -0.382 e. The first-order chi connectivity index (χ1) is 8.83. The van der Waals surface area contributed by atoms with Gasteiger partial charge >= 0.3 is 0 Å². The molecular weight excluding hydrogens is 228 g/mol. The van der Waals surface area contributed by atoms with E-state index in [1.807, 2.05) is 0 Å². The molecule has 0 saturated heterocycles. The van der Waals surface area contributed by atoms with Gasteiger partial charge in [0.15, 0.2) is 0 Å². The Labute approximate surface area is 109 Å². The molecule has 0 saturated carbocycles. The fourth-order valence-electron chi connectivity index (χ4n) is 2.31. The summed E-state index contributed by atoms with van der Waals surface area (Å²) in [6, 6.07) is 8.96. The van der Waals surface area contributed by atoms with Crippen LogP contribution in [0.5, 0.6) is 0 Å². The molecule has 1 aliphatic rings. The number of hydrogen-bond acceptors (Lipinski definition) is 4. The number of nitrogens with one attached hydrogen (secondary N) is 2. The fourth-order valence-corrected chi connectivity index (χ4v) is 2.31. The molecule has 2 unspecified atom stereocenters. The van der Waals surface area contributed by atoms with Gasteiger partial charge in [-0.1, -0.05) is 18.2 Å². The zero-order valence-electron chi connectivity index (χ0n) is 11.1. The molecule has 1 aromatic carbocycles. The highest BCUT2D eigenvalue weighted by Crippen LogP contribution is 2.24. The number of methoxy groups -OCH3 is 2. The van der Waals surface area contributed by atoms with Crippen LogP contribution >= 0.6 is 0 Å². The summed E-state index contributed by atoms with van der Waals surface area (Å²) in [4.78, 5) is 0. The van der Waals surface area contributed by atoms with Crippen LogP contribution in [0.2, 0.25) is 0 Å². The molecule has 1 aromatic rings. The summed E-state index contributed by atoms with van der Waals surface area (Å²) in [6.45, 7) is 2.39. The Bertz CT molecular complexity index is 346. The van der Waals surface area contributed by atoms with Crippen molar-refractivity contribution in [1.29, 1.82) is 0 Å². The normalized spacial score (nSPS) is 19.3. The third-order valence-corrected chi connectivity index (χ3v) is 3.29. The van der Waals surface area contributed by atoms with Crippen molar-refractivity contribution in [2.75, 3.05) is 39.2 Å². The van der Waals surface area contributed by atoms with Crippen molar-refractivity contribution in [3.8, 4) is 0 Å². The SMILES string of the molecule is COCC(CNCC1Cc2ccccc2N1)OC. The highest BCUT2D eigenvalue weighted by Gasteiger charge is 2.19. The van der Waals surface area contributed by atoms with Gasteiger partial charge in [-0.15, -0.1) is 0 Å². The van der Waals surface area contributed by atoms with Crippen LogP contribution in [-0.2, 0) is 15.9 Å². The van der Waals surface area contributed by atoms with E-state index in [9.17, 15) is 0 Å². The molecule has 0 aliphatic carbocycles. The molecule has 0 fully saturated rings. The number of benzene rings is 1. The van der Waals surface area contributed by atoms with Gasteiger partial charge in [0.25, 0.3) is 0 Å². The summed E-state index contributed by atoms with van der Waals surface area (Å²) in [5.41, 5.74) is 2.67.